The molecular formula is C18H18FN7O3. The van der Waals surface area contributed by atoms with E-state index in [1.54, 1.807) is 35.5 Å². The standard InChI is InChI=1S/C18H18FN7O3/c1-11(27)21-6-14-8-26(18(28)29-14)13-2-3-15(16(19)4-13)17-9-25(24-23-17)7-12-5-20-10-22-12/h2-5,9-10,14H,6-8H2,1H3,(H,20,22)(H,21,27)/t14-/m0/s1. The van der Waals surface area contributed by atoms with E-state index in [2.05, 4.69) is 25.6 Å². The lowest BCUT2D eigenvalue weighted by molar-refractivity contribution is -0.119. The van der Waals surface area contributed by atoms with Crippen molar-refractivity contribution in [1.82, 2.24) is 30.3 Å². The Hall–Kier alpha value is -3.76. The minimum Gasteiger partial charge on any atom is -0.442 e. The molecule has 1 saturated heterocycles. The second kappa shape index (κ2) is 7.70. The zero-order valence-corrected chi connectivity index (χ0v) is 15.5. The minimum atomic E-state index is -0.585. The number of ether oxygens (including phenoxy) is 1. The van der Waals surface area contributed by atoms with Crippen LogP contribution in [0.4, 0.5) is 14.9 Å². The molecule has 10 nitrogen and oxygen atoms in total. The molecule has 0 unspecified atom stereocenters. The summed E-state index contributed by atoms with van der Waals surface area (Å²) in [6.45, 7) is 2.24. The molecule has 11 heteroatoms. The van der Waals surface area contributed by atoms with Crippen molar-refractivity contribution in [2.45, 2.75) is 19.6 Å². The van der Waals surface area contributed by atoms with Gasteiger partial charge in [-0.2, -0.15) is 0 Å². The van der Waals surface area contributed by atoms with Crippen molar-refractivity contribution in [2.75, 3.05) is 18.0 Å². The molecule has 0 aliphatic carbocycles. The van der Waals surface area contributed by atoms with Gasteiger partial charge in [0.25, 0.3) is 0 Å². The number of benzene rings is 1. The van der Waals surface area contributed by atoms with Gasteiger partial charge in [0.05, 0.1) is 43.5 Å². The number of anilines is 1. The zero-order chi connectivity index (χ0) is 20.4. The van der Waals surface area contributed by atoms with Crippen LogP contribution in [0.5, 0.6) is 0 Å². The molecule has 4 rings (SSSR count). The van der Waals surface area contributed by atoms with E-state index in [1.165, 1.54) is 17.9 Å². The topological polar surface area (TPSA) is 118 Å². The quantitative estimate of drug-likeness (QED) is 0.645. The predicted molar refractivity (Wildman–Crippen MR) is 99.4 cm³/mol. The maximum absolute atomic E-state index is 14.7. The van der Waals surface area contributed by atoms with Crippen LogP contribution in [0.15, 0.2) is 36.9 Å². The monoisotopic (exact) mass is 399 g/mol. The summed E-state index contributed by atoms with van der Waals surface area (Å²) in [5.41, 5.74) is 1.86. The van der Waals surface area contributed by atoms with Gasteiger partial charge in [0.1, 0.15) is 17.6 Å². The van der Waals surface area contributed by atoms with Crippen LogP contribution in [0.1, 0.15) is 12.6 Å². The number of aromatic amines is 1. The highest BCUT2D eigenvalue weighted by molar-refractivity contribution is 5.90. The molecule has 0 saturated carbocycles. The SMILES string of the molecule is CC(=O)NC[C@H]1CN(c2ccc(-c3cn(Cc4cnc[nH]4)nn3)c(F)c2)C(=O)O1. The van der Waals surface area contributed by atoms with E-state index in [9.17, 15) is 14.0 Å². The van der Waals surface area contributed by atoms with Crippen LogP contribution in [0.3, 0.4) is 0 Å². The molecule has 1 atom stereocenters. The summed E-state index contributed by atoms with van der Waals surface area (Å²) in [6.07, 6.45) is 3.79. The van der Waals surface area contributed by atoms with Crippen molar-refractivity contribution in [2.24, 2.45) is 0 Å². The average Bonchev–Trinajstić information content (AvgIpc) is 3.42. The van der Waals surface area contributed by atoms with E-state index in [0.29, 0.717) is 17.9 Å². The number of amides is 2. The van der Waals surface area contributed by atoms with E-state index in [1.807, 2.05) is 0 Å². The van der Waals surface area contributed by atoms with Crippen LogP contribution >= 0.6 is 0 Å². The summed E-state index contributed by atoms with van der Waals surface area (Å²) in [6, 6.07) is 4.42. The molecule has 1 aliphatic rings. The first-order valence-corrected chi connectivity index (χ1v) is 8.89. The number of carbonyl (C=O) groups is 2. The first kappa shape index (κ1) is 18.6. The number of imidazole rings is 1. The van der Waals surface area contributed by atoms with Crippen molar-refractivity contribution >= 4 is 17.7 Å². The first-order chi connectivity index (χ1) is 14.0. The molecule has 2 aromatic heterocycles. The fourth-order valence-electron chi connectivity index (χ4n) is 3.02. The second-order valence-corrected chi connectivity index (χ2v) is 6.60. The van der Waals surface area contributed by atoms with Crippen LogP contribution in [0, 0.1) is 5.82 Å². The molecule has 0 bridgehead atoms. The maximum atomic E-state index is 14.7. The van der Waals surface area contributed by atoms with Gasteiger partial charge in [-0.15, -0.1) is 5.10 Å². The fourth-order valence-corrected chi connectivity index (χ4v) is 3.02. The highest BCUT2D eigenvalue weighted by atomic mass is 19.1. The van der Waals surface area contributed by atoms with E-state index in [0.717, 1.165) is 5.69 Å². The lowest BCUT2D eigenvalue weighted by atomic mass is 10.1. The number of aromatic nitrogens is 5. The Kier molecular flexibility index (Phi) is 4.94. The Morgan fingerprint density at radius 3 is 3.03 bits per heavy atom. The molecule has 3 heterocycles. The molecule has 1 aromatic carbocycles. The number of hydrogen-bond acceptors (Lipinski definition) is 6. The Balaban J connectivity index is 1.48. The molecule has 0 radical (unpaired) electrons. The van der Waals surface area contributed by atoms with E-state index >= 15 is 0 Å². The van der Waals surface area contributed by atoms with Gasteiger partial charge in [-0.05, 0) is 18.2 Å². The molecule has 1 aliphatic heterocycles. The first-order valence-electron chi connectivity index (χ1n) is 8.89. The maximum Gasteiger partial charge on any atom is 0.414 e. The summed E-state index contributed by atoms with van der Waals surface area (Å²) in [4.78, 5) is 31.3. The second-order valence-electron chi connectivity index (χ2n) is 6.60. The van der Waals surface area contributed by atoms with Gasteiger partial charge in [0, 0.05) is 18.7 Å². The number of cyclic esters (lactones) is 1. The van der Waals surface area contributed by atoms with Gasteiger partial charge in [-0.1, -0.05) is 5.21 Å². The number of hydrogen-bond donors (Lipinski definition) is 2. The summed E-state index contributed by atoms with van der Waals surface area (Å²) >= 11 is 0. The molecule has 29 heavy (non-hydrogen) atoms. The number of rotatable bonds is 6. The van der Waals surface area contributed by atoms with E-state index in [4.69, 9.17) is 4.74 Å². The summed E-state index contributed by atoms with van der Waals surface area (Å²) in [5, 5.41) is 10.6. The van der Waals surface area contributed by atoms with Gasteiger partial charge in [0.2, 0.25) is 5.91 Å². The van der Waals surface area contributed by atoms with Crippen molar-refractivity contribution in [1.29, 1.82) is 0 Å². The van der Waals surface area contributed by atoms with Gasteiger partial charge < -0.3 is 15.0 Å². The Morgan fingerprint density at radius 2 is 2.31 bits per heavy atom. The number of nitrogens with one attached hydrogen (secondary N) is 2. The Labute approximate surface area is 164 Å². The third kappa shape index (κ3) is 4.08. The van der Waals surface area contributed by atoms with Crippen LogP contribution < -0.4 is 10.2 Å². The molecule has 3 aromatic rings. The van der Waals surface area contributed by atoms with Gasteiger partial charge >= 0.3 is 6.09 Å². The normalized spacial score (nSPS) is 16.1. The lowest BCUT2D eigenvalue weighted by Crippen LogP contribution is -2.33. The molecule has 2 N–H and O–H groups in total. The third-order valence-electron chi connectivity index (χ3n) is 4.42. The molecule has 2 amide bonds. The van der Waals surface area contributed by atoms with Crippen LogP contribution in [-0.4, -0.2) is 56.2 Å². The van der Waals surface area contributed by atoms with Crippen LogP contribution in [-0.2, 0) is 16.1 Å². The van der Waals surface area contributed by atoms with Crippen molar-refractivity contribution in [3.8, 4) is 11.3 Å². The summed E-state index contributed by atoms with van der Waals surface area (Å²) in [7, 11) is 0. The average molecular weight is 399 g/mol. The Morgan fingerprint density at radius 1 is 1.45 bits per heavy atom. The largest absolute Gasteiger partial charge is 0.442 e. The highest BCUT2D eigenvalue weighted by Crippen LogP contribution is 2.28. The molecule has 1 fully saturated rings. The van der Waals surface area contributed by atoms with Crippen molar-refractivity contribution < 1.29 is 18.7 Å². The molecular weight excluding hydrogens is 381 g/mol. The number of carbonyl (C=O) groups excluding carboxylic acids is 2. The molecule has 0 spiro atoms. The third-order valence-corrected chi connectivity index (χ3v) is 4.42. The van der Waals surface area contributed by atoms with E-state index in [-0.39, 0.29) is 24.6 Å². The van der Waals surface area contributed by atoms with Crippen LogP contribution in [0.25, 0.3) is 11.3 Å². The van der Waals surface area contributed by atoms with Gasteiger partial charge in [-0.25, -0.2) is 18.9 Å². The minimum absolute atomic E-state index is 0.206. The lowest BCUT2D eigenvalue weighted by Gasteiger charge is -2.14. The van der Waals surface area contributed by atoms with Gasteiger partial charge in [-0.3, -0.25) is 9.69 Å². The molecule has 150 valence electrons. The van der Waals surface area contributed by atoms with Crippen molar-refractivity contribution in [3.63, 3.8) is 0 Å². The van der Waals surface area contributed by atoms with Gasteiger partial charge in [0.15, 0.2) is 0 Å². The summed E-state index contributed by atoms with van der Waals surface area (Å²) in [5.74, 6) is -0.746. The number of halogens is 1. The Bertz CT molecular complexity index is 1030. The smallest absolute Gasteiger partial charge is 0.414 e. The number of nitrogens with zero attached hydrogens (tertiary/aromatic N) is 5. The predicted octanol–water partition coefficient (Wildman–Crippen LogP) is 1.32. The zero-order valence-electron chi connectivity index (χ0n) is 15.5. The number of H-pyrrole nitrogens is 1. The van der Waals surface area contributed by atoms with Crippen LogP contribution in [0.2, 0.25) is 0 Å². The summed E-state index contributed by atoms with van der Waals surface area (Å²) < 4.78 is 21.5. The van der Waals surface area contributed by atoms with E-state index < -0.39 is 18.0 Å². The van der Waals surface area contributed by atoms with Crippen molar-refractivity contribution in [3.05, 3.63) is 48.4 Å². The highest BCUT2D eigenvalue weighted by Gasteiger charge is 2.32. The fraction of sp³-hybridized carbons (Fsp3) is 0.278.